The van der Waals surface area contributed by atoms with Crippen LogP contribution < -0.4 is 5.32 Å². The maximum atomic E-state index is 5.68. The fourth-order valence-electron chi connectivity index (χ4n) is 1.83. The second-order valence-electron chi connectivity index (χ2n) is 4.38. The van der Waals surface area contributed by atoms with Gasteiger partial charge in [-0.05, 0) is 12.1 Å². The number of pyridine rings is 1. The van der Waals surface area contributed by atoms with Gasteiger partial charge in [0.05, 0.1) is 11.9 Å². The molecule has 0 saturated heterocycles. The Bertz CT molecular complexity index is 632. The number of hydrogen-bond donors (Lipinski definition) is 1. The second kappa shape index (κ2) is 5.66. The van der Waals surface area contributed by atoms with Crippen LogP contribution in [-0.2, 0) is 18.4 Å². The first-order valence-electron chi connectivity index (χ1n) is 6.32. The van der Waals surface area contributed by atoms with E-state index in [9.17, 15) is 0 Å². The number of aromatic nitrogens is 3. The van der Waals surface area contributed by atoms with Crippen molar-refractivity contribution in [3.63, 3.8) is 0 Å². The largest absolute Gasteiger partial charge is 0.360 e. The van der Waals surface area contributed by atoms with Gasteiger partial charge in [-0.15, -0.1) is 0 Å². The summed E-state index contributed by atoms with van der Waals surface area (Å²) in [4.78, 5) is 12.8. The molecule has 2 aromatic rings. The molecule has 0 radical (unpaired) electrons. The van der Waals surface area contributed by atoms with Crippen LogP contribution in [0.2, 0.25) is 0 Å². The Balaban J connectivity index is 1.58. The zero-order chi connectivity index (χ0) is 13.8. The van der Waals surface area contributed by atoms with Gasteiger partial charge in [-0.1, -0.05) is 6.07 Å². The summed E-state index contributed by atoms with van der Waals surface area (Å²) in [5.41, 5.74) is 1.63. The first kappa shape index (κ1) is 12.6. The van der Waals surface area contributed by atoms with Crippen molar-refractivity contribution in [1.29, 1.82) is 0 Å². The minimum atomic E-state index is -0.251. The number of nitrogens with one attached hydrogen (secondary N) is 1. The highest BCUT2D eigenvalue weighted by Gasteiger charge is 2.12. The van der Waals surface area contributed by atoms with E-state index in [0.717, 1.165) is 17.2 Å². The summed E-state index contributed by atoms with van der Waals surface area (Å²) < 4.78 is 7.61. The molecule has 1 unspecified atom stereocenters. The van der Waals surface area contributed by atoms with E-state index in [0.29, 0.717) is 6.61 Å². The van der Waals surface area contributed by atoms with Crippen LogP contribution in [0.1, 0.15) is 11.5 Å². The topological polar surface area (TPSA) is 64.3 Å². The molecule has 1 aliphatic heterocycles. The molecular weight excluding hydrogens is 254 g/mol. The fourth-order valence-corrected chi connectivity index (χ4v) is 1.83. The van der Waals surface area contributed by atoms with E-state index in [4.69, 9.17) is 4.74 Å². The molecule has 1 atom stereocenters. The Morgan fingerprint density at radius 2 is 2.25 bits per heavy atom. The maximum Gasteiger partial charge on any atom is 0.164 e. The molecule has 1 N–H and O–H groups in total. The Labute approximate surface area is 116 Å². The number of nitrogens with zero attached hydrogens (tertiary/aromatic N) is 4. The van der Waals surface area contributed by atoms with E-state index < -0.39 is 0 Å². The van der Waals surface area contributed by atoms with Gasteiger partial charge < -0.3 is 14.6 Å². The van der Waals surface area contributed by atoms with Crippen molar-refractivity contribution in [3.8, 4) is 0 Å². The Morgan fingerprint density at radius 1 is 1.30 bits per heavy atom. The standard InChI is InChI=1S/C14H15N5O/c1-19-7-6-16-13(19)10-20-14-9-17-12(8-18-14)11-4-2-3-5-15-11/h2-9,14,18H,10H2,1H3. The maximum absolute atomic E-state index is 5.68. The molecule has 0 fully saturated rings. The molecule has 102 valence electrons. The highest BCUT2D eigenvalue weighted by atomic mass is 16.5. The van der Waals surface area contributed by atoms with Crippen LogP contribution in [0.15, 0.2) is 48.0 Å². The Hall–Kier alpha value is -2.47. The Kier molecular flexibility index (Phi) is 3.56. The molecular formula is C14H15N5O. The molecule has 0 amide bonds. The highest BCUT2D eigenvalue weighted by molar-refractivity contribution is 5.77. The van der Waals surface area contributed by atoms with E-state index in [2.05, 4.69) is 20.3 Å². The van der Waals surface area contributed by atoms with Crippen LogP contribution in [0.25, 0.3) is 5.70 Å². The van der Waals surface area contributed by atoms with Crippen LogP contribution in [0.4, 0.5) is 0 Å². The molecule has 0 bridgehead atoms. The molecule has 3 rings (SSSR count). The predicted octanol–water partition coefficient (Wildman–Crippen LogP) is 1.33. The Morgan fingerprint density at radius 3 is 2.90 bits per heavy atom. The van der Waals surface area contributed by atoms with Gasteiger partial charge in [0.2, 0.25) is 0 Å². The van der Waals surface area contributed by atoms with Crippen LogP contribution >= 0.6 is 0 Å². The lowest BCUT2D eigenvalue weighted by Gasteiger charge is -2.18. The normalized spacial score (nSPS) is 17.6. The minimum absolute atomic E-state index is 0.251. The second-order valence-corrected chi connectivity index (χ2v) is 4.38. The number of aryl methyl sites for hydroxylation is 1. The fraction of sp³-hybridized carbons (Fsp3) is 0.214. The molecule has 6 heteroatoms. The van der Waals surface area contributed by atoms with E-state index in [1.165, 1.54) is 0 Å². The van der Waals surface area contributed by atoms with Crippen molar-refractivity contribution in [1.82, 2.24) is 19.9 Å². The molecule has 2 aromatic heterocycles. The lowest BCUT2D eigenvalue weighted by atomic mass is 10.3. The van der Waals surface area contributed by atoms with E-state index in [1.807, 2.05) is 42.2 Å². The van der Waals surface area contributed by atoms with Crippen molar-refractivity contribution in [2.45, 2.75) is 12.8 Å². The van der Waals surface area contributed by atoms with Crippen molar-refractivity contribution in [3.05, 3.63) is 54.5 Å². The number of hydrogen-bond acceptors (Lipinski definition) is 5. The minimum Gasteiger partial charge on any atom is -0.360 e. The number of ether oxygens (including phenoxy) is 1. The molecule has 0 aliphatic carbocycles. The smallest absolute Gasteiger partial charge is 0.164 e. The summed E-state index contributed by atoms with van der Waals surface area (Å²) in [7, 11) is 1.94. The van der Waals surface area contributed by atoms with Crippen molar-refractivity contribution >= 4 is 11.9 Å². The van der Waals surface area contributed by atoms with Gasteiger partial charge >= 0.3 is 0 Å². The zero-order valence-corrected chi connectivity index (χ0v) is 11.1. The van der Waals surface area contributed by atoms with Crippen LogP contribution in [0.5, 0.6) is 0 Å². The highest BCUT2D eigenvalue weighted by Crippen LogP contribution is 2.14. The van der Waals surface area contributed by atoms with E-state index in [-0.39, 0.29) is 6.23 Å². The van der Waals surface area contributed by atoms with Crippen LogP contribution in [0.3, 0.4) is 0 Å². The lowest BCUT2D eigenvalue weighted by Crippen LogP contribution is -2.31. The summed E-state index contributed by atoms with van der Waals surface area (Å²) in [6.07, 6.45) is 8.67. The molecule has 6 nitrogen and oxygen atoms in total. The van der Waals surface area contributed by atoms with Gasteiger partial charge in [0.1, 0.15) is 18.1 Å². The monoisotopic (exact) mass is 269 g/mol. The third-order valence-corrected chi connectivity index (χ3v) is 2.97. The van der Waals surface area contributed by atoms with Gasteiger partial charge in [0, 0.05) is 31.8 Å². The molecule has 0 saturated carbocycles. The van der Waals surface area contributed by atoms with Gasteiger partial charge in [-0.25, -0.2) is 4.98 Å². The summed E-state index contributed by atoms with van der Waals surface area (Å²) in [6, 6.07) is 5.73. The first-order valence-corrected chi connectivity index (χ1v) is 6.32. The SMILES string of the molecule is Cn1ccnc1COC1C=NC(c2ccccn2)=CN1. The number of imidazole rings is 1. The van der Waals surface area contributed by atoms with Gasteiger partial charge in [-0.3, -0.25) is 9.98 Å². The zero-order valence-electron chi connectivity index (χ0n) is 11.1. The summed E-state index contributed by atoms with van der Waals surface area (Å²) in [5, 5.41) is 3.14. The number of aliphatic imine (C=N–C) groups is 1. The van der Waals surface area contributed by atoms with E-state index >= 15 is 0 Å². The average Bonchev–Trinajstić information content (AvgIpc) is 2.92. The third kappa shape index (κ3) is 2.75. The summed E-state index contributed by atoms with van der Waals surface area (Å²) in [6.45, 7) is 0.431. The quantitative estimate of drug-likeness (QED) is 0.909. The third-order valence-electron chi connectivity index (χ3n) is 2.97. The summed E-state index contributed by atoms with van der Waals surface area (Å²) >= 11 is 0. The molecule has 3 heterocycles. The van der Waals surface area contributed by atoms with Gasteiger partial charge in [0.25, 0.3) is 0 Å². The molecule has 1 aliphatic rings. The lowest BCUT2D eigenvalue weighted by molar-refractivity contribution is 0.0683. The van der Waals surface area contributed by atoms with Crippen molar-refractivity contribution in [2.75, 3.05) is 0 Å². The van der Waals surface area contributed by atoms with E-state index in [1.54, 1.807) is 18.6 Å². The molecule has 0 aromatic carbocycles. The molecule has 0 spiro atoms. The predicted molar refractivity (Wildman–Crippen MR) is 75.6 cm³/mol. The van der Waals surface area contributed by atoms with Gasteiger partial charge in [0.15, 0.2) is 6.23 Å². The average molecular weight is 269 g/mol. The number of rotatable bonds is 4. The van der Waals surface area contributed by atoms with Crippen molar-refractivity contribution in [2.24, 2.45) is 12.0 Å². The van der Waals surface area contributed by atoms with Crippen LogP contribution in [-0.4, -0.2) is 27.0 Å². The van der Waals surface area contributed by atoms with Crippen LogP contribution in [0, 0.1) is 0 Å². The summed E-state index contributed by atoms with van der Waals surface area (Å²) in [5.74, 6) is 0.875. The van der Waals surface area contributed by atoms with Gasteiger partial charge in [-0.2, -0.15) is 0 Å². The molecule has 20 heavy (non-hydrogen) atoms. The first-order chi connectivity index (χ1) is 9.83. The van der Waals surface area contributed by atoms with Crippen molar-refractivity contribution < 1.29 is 4.74 Å².